The van der Waals surface area contributed by atoms with Crippen molar-refractivity contribution >= 4 is 5.78 Å². The number of hydrogen-bond acceptors (Lipinski definition) is 1. The summed E-state index contributed by atoms with van der Waals surface area (Å²) in [6.45, 7) is 2.54. The number of terminal acetylenes is 1. The Morgan fingerprint density at radius 2 is 2.00 bits per heavy atom. The molecular formula is C22H26O. The summed E-state index contributed by atoms with van der Waals surface area (Å²) in [5, 5.41) is 0. The van der Waals surface area contributed by atoms with Crippen LogP contribution in [-0.2, 0) is 4.79 Å². The summed E-state index contributed by atoms with van der Waals surface area (Å²) in [6, 6.07) is 0. The first kappa shape index (κ1) is 13.3. The van der Waals surface area contributed by atoms with Gasteiger partial charge in [-0.05, 0) is 90.9 Å². The average Bonchev–Trinajstić information content (AvgIpc) is 3.42. The van der Waals surface area contributed by atoms with Crippen LogP contribution in [0.3, 0.4) is 0 Å². The number of carbonyl (C=O) groups is 1. The molecule has 5 fully saturated rings. The Morgan fingerprint density at radius 1 is 1.13 bits per heavy atom. The smallest absolute Gasteiger partial charge is 0.155 e. The van der Waals surface area contributed by atoms with Crippen molar-refractivity contribution in [1.29, 1.82) is 0 Å². The maximum Gasteiger partial charge on any atom is 0.155 e. The lowest BCUT2D eigenvalue weighted by molar-refractivity contribution is -0.116. The van der Waals surface area contributed by atoms with Crippen molar-refractivity contribution < 1.29 is 4.79 Å². The van der Waals surface area contributed by atoms with Crippen LogP contribution in [0.25, 0.3) is 0 Å². The highest BCUT2D eigenvalue weighted by Gasteiger charge is 2.72. The molecule has 0 saturated heterocycles. The van der Waals surface area contributed by atoms with Crippen LogP contribution in [0.15, 0.2) is 11.6 Å². The minimum Gasteiger partial charge on any atom is -0.295 e. The fourth-order valence-corrected chi connectivity index (χ4v) is 8.26. The Kier molecular flexibility index (Phi) is 2.29. The molecule has 0 aromatic carbocycles. The van der Waals surface area contributed by atoms with E-state index in [1.165, 1.54) is 25.7 Å². The van der Waals surface area contributed by atoms with Gasteiger partial charge in [0.1, 0.15) is 0 Å². The second kappa shape index (κ2) is 3.96. The first-order valence-electron chi connectivity index (χ1n) is 9.84. The van der Waals surface area contributed by atoms with Crippen molar-refractivity contribution in [3.63, 3.8) is 0 Å². The number of allylic oxidation sites excluding steroid dienone is 1. The van der Waals surface area contributed by atoms with Gasteiger partial charge in [0, 0.05) is 12.3 Å². The van der Waals surface area contributed by atoms with Gasteiger partial charge in [-0.2, -0.15) is 0 Å². The molecule has 0 aromatic heterocycles. The lowest BCUT2D eigenvalue weighted by Gasteiger charge is -2.54. The van der Waals surface area contributed by atoms with Gasteiger partial charge in [-0.3, -0.25) is 4.79 Å². The third kappa shape index (κ3) is 1.46. The second-order valence-corrected chi connectivity index (χ2v) is 9.78. The Balaban J connectivity index is 1.42. The molecule has 0 aromatic rings. The highest BCUT2D eigenvalue weighted by atomic mass is 16.1. The standard InChI is InChI=1S/C22H26O/c1-3-19-16-10-18(16)21-20-13(6-7-22(19,21)2)12-5-4-11(23)8-14(12)15-9-17(15)20/h1,8,12-13,15-21H,4-7,9-10H2,2H3/t12-,13-,15+,16+,17+,18-,19+,20+,21+,22-/m1/s1. The van der Waals surface area contributed by atoms with Gasteiger partial charge in [-0.25, -0.2) is 0 Å². The molecule has 10 atom stereocenters. The van der Waals surface area contributed by atoms with Gasteiger partial charge in [0.2, 0.25) is 0 Å². The Hall–Kier alpha value is -1.03. The van der Waals surface area contributed by atoms with E-state index in [0.29, 0.717) is 17.1 Å². The second-order valence-electron chi connectivity index (χ2n) is 9.78. The molecule has 0 bridgehead atoms. The summed E-state index contributed by atoms with van der Waals surface area (Å²) >= 11 is 0. The molecule has 0 spiro atoms. The first-order valence-corrected chi connectivity index (χ1v) is 9.84. The number of rotatable bonds is 0. The van der Waals surface area contributed by atoms with Gasteiger partial charge >= 0.3 is 0 Å². The van der Waals surface area contributed by atoms with Crippen LogP contribution in [0.1, 0.15) is 45.4 Å². The Labute approximate surface area is 139 Å². The Morgan fingerprint density at radius 3 is 2.83 bits per heavy atom. The van der Waals surface area contributed by atoms with E-state index in [-0.39, 0.29) is 0 Å². The van der Waals surface area contributed by atoms with Gasteiger partial charge in [-0.1, -0.05) is 12.5 Å². The predicted octanol–water partition coefficient (Wildman–Crippen LogP) is 4.09. The quantitative estimate of drug-likeness (QED) is 0.616. The zero-order valence-corrected chi connectivity index (χ0v) is 14.0. The molecule has 0 aliphatic heterocycles. The number of ketones is 1. The highest BCUT2D eigenvalue weighted by molar-refractivity contribution is 5.91. The highest BCUT2D eigenvalue weighted by Crippen LogP contribution is 2.77. The van der Waals surface area contributed by atoms with Gasteiger partial charge in [0.25, 0.3) is 0 Å². The number of fused-ring (bicyclic) bond motifs is 10. The topological polar surface area (TPSA) is 17.1 Å². The van der Waals surface area contributed by atoms with Crippen molar-refractivity contribution in [3.05, 3.63) is 11.6 Å². The monoisotopic (exact) mass is 306 g/mol. The summed E-state index contributed by atoms with van der Waals surface area (Å²) in [7, 11) is 0. The van der Waals surface area contributed by atoms with Crippen molar-refractivity contribution in [2.45, 2.75) is 45.4 Å². The van der Waals surface area contributed by atoms with Gasteiger partial charge in [0.05, 0.1) is 0 Å². The van der Waals surface area contributed by atoms with E-state index in [0.717, 1.165) is 60.2 Å². The van der Waals surface area contributed by atoms with E-state index in [9.17, 15) is 4.79 Å². The van der Waals surface area contributed by atoms with Crippen LogP contribution in [-0.4, -0.2) is 5.78 Å². The largest absolute Gasteiger partial charge is 0.295 e. The maximum atomic E-state index is 11.9. The zero-order valence-electron chi connectivity index (χ0n) is 14.0. The SMILES string of the molecule is C#C[C@H]1[C@H]2C[C@H]2[C@H]2[C@@H]3[C@H]4C[C@H]4C4=CC(=O)CC[C@@H]4[C@H]3CC[C@@]21C. The van der Waals surface area contributed by atoms with E-state index in [4.69, 9.17) is 6.42 Å². The fraction of sp³-hybridized carbons (Fsp3) is 0.773. The van der Waals surface area contributed by atoms with Crippen molar-refractivity contribution in [3.8, 4) is 12.3 Å². The first-order chi connectivity index (χ1) is 11.1. The minimum absolute atomic E-state index is 0.400. The fourth-order valence-electron chi connectivity index (χ4n) is 8.26. The third-order valence-corrected chi connectivity index (χ3v) is 9.09. The van der Waals surface area contributed by atoms with Gasteiger partial charge in [0.15, 0.2) is 5.78 Å². The maximum absolute atomic E-state index is 11.9. The predicted molar refractivity (Wildman–Crippen MR) is 89.1 cm³/mol. The molecule has 0 radical (unpaired) electrons. The normalized spacial score (nSPS) is 61.1. The summed E-state index contributed by atoms with van der Waals surface area (Å²) in [5.41, 5.74) is 2.01. The summed E-state index contributed by atoms with van der Waals surface area (Å²) < 4.78 is 0. The number of hydrogen-bond donors (Lipinski definition) is 0. The zero-order chi connectivity index (χ0) is 15.5. The van der Waals surface area contributed by atoms with Crippen LogP contribution in [0.4, 0.5) is 0 Å². The van der Waals surface area contributed by atoms with Crippen LogP contribution < -0.4 is 0 Å². The lowest BCUT2D eigenvalue weighted by atomic mass is 9.50. The molecule has 6 aliphatic carbocycles. The van der Waals surface area contributed by atoms with Crippen molar-refractivity contribution in [2.75, 3.05) is 0 Å². The average molecular weight is 306 g/mol. The van der Waals surface area contributed by atoms with Crippen molar-refractivity contribution in [2.24, 2.45) is 58.7 Å². The third-order valence-electron chi connectivity index (χ3n) is 9.09. The van der Waals surface area contributed by atoms with E-state index in [1.54, 1.807) is 5.57 Å². The molecule has 5 saturated carbocycles. The molecule has 120 valence electrons. The minimum atomic E-state index is 0.400. The molecule has 0 N–H and O–H groups in total. The lowest BCUT2D eigenvalue weighted by Crippen LogP contribution is -2.49. The van der Waals surface area contributed by atoms with E-state index >= 15 is 0 Å². The molecule has 0 heterocycles. The Bertz CT molecular complexity index is 681. The van der Waals surface area contributed by atoms with Crippen molar-refractivity contribution in [1.82, 2.24) is 0 Å². The van der Waals surface area contributed by atoms with Gasteiger partial charge < -0.3 is 0 Å². The van der Waals surface area contributed by atoms with Crippen LogP contribution >= 0.6 is 0 Å². The molecule has 23 heavy (non-hydrogen) atoms. The van der Waals surface area contributed by atoms with Gasteiger partial charge in [-0.15, -0.1) is 12.3 Å². The molecule has 1 heteroatoms. The summed E-state index contributed by atoms with van der Waals surface area (Å²) in [6.07, 6.45) is 15.5. The molecule has 0 unspecified atom stereocenters. The number of carbonyl (C=O) groups excluding carboxylic acids is 1. The molecule has 6 rings (SSSR count). The summed E-state index contributed by atoms with van der Waals surface area (Å²) in [5.74, 6) is 11.1. The molecular weight excluding hydrogens is 280 g/mol. The molecule has 6 aliphatic rings. The van der Waals surface area contributed by atoms with E-state index in [1.807, 2.05) is 0 Å². The van der Waals surface area contributed by atoms with Crippen LogP contribution in [0.5, 0.6) is 0 Å². The van der Waals surface area contributed by atoms with Crippen LogP contribution in [0, 0.1) is 71.0 Å². The molecule has 0 amide bonds. The van der Waals surface area contributed by atoms with Crippen LogP contribution in [0.2, 0.25) is 0 Å². The summed E-state index contributed by atoms with van der Waals surface area (Å²) in [4.78, 5) is 11.9. The molecule has 1 nitrogen and oxygen atoms in total. The van der Waals surface area contributed by atoms with E-state index < -0.39 is 0 Å². The van der Waals surface area contributed by atoms with E-state index in [2.05, 4.69) is 18.9 Å².